The molecular formula is C12H13BrN4O. The minimum absolute atomic E-state index is 0.154. The average molecular weight is 309 g/mol. The molecule has 2 N–H and O–H groups in total. The van der Waals surface area contributed by atoms with E-state index in [-0.39, 0.29) is 17.6 Å². The van der Waals surface area contributed by atoms with Gasteiger partial charge in [-0.25, -0.2) is 4.98 Å². The van der Waals surface area contributed by atoms with Crippen molar-refractivity contribution >= 4 is 27.5 Å². The number of amides is 1. The van der Waals surface area contributed by atoms with E-state index >= 15 is 0 Å². The maximum Gasteiger partial charge on any atom is 0.295 e. The van der Waals surface area contributed by atoms with Gasteiger partial charge in [-0.15, -0.1) is 5.10 Å². The van der Waals surface area contributed by atoms with Crippen molar-refractivity contribution in [3.8, 4) is 0 Å². The molecule has 0 saturated carbocycles. The van der Waals surface area contributed by atoms with E-state index in [1.54, 1.807) is 12.1 Å². The lowest BCUT2D eigenvalue weighted by Crippen LogP contribution is -2.13. The summed E-state index contributed by atoms with van der Waals surface area (Å²) in [5.74, 6) is 0.754. The molecular weight excluding hydrogens is 296 g/mol. The molecule has 1 heterocycles. The Balaban J connectivity index is 2.09. The van der Waals surface area contributed by atoms with Crippen LogP contribution in [0.1, 0.15) is 36.2 Å². The Morgan fingerprint density at radius 2 is 2.00 bits per heavy atom. The molecule has 1 aromatic heterocycles. The molecule has 0 aliphatic rings. The quantitative estimate of drug-likeness (QED) is 0.915. The number of nitrogens with zero attached hydrogens (tertiary/aromatic N) is 2. The normalized spacial score (nSPS) is 10.7. The fourth-order valence-corrected chi connectivity index (χ4v) is 1.62. The lowest BCUT2D eigenvalue weighted by molar-refractivity contribution is 0.101. The van der Waals surface area contributed by atoms with E-state index in [1.807, 2.05) is 26.0 Å². The van der Waals surface area contributed by atoms with E-state index in [0.717, 1.165) is 4.47 Å². The van der Waals surface area contributed by atoms with Crippen LogP contribution in [-0.4, -0.2) is 21.1 Å². The maximum absolute atomic E-state index is 11.9. The number of nitrogens with one attached hydrogen (secondary N) is 2. The second kappa shape index (κ2) is 5.30. The number of aromatic nitrogens is 3. The number of rotatable bonds is 3. The zero-order valence-electron chi connectivity index (χ0n) is 10.1. The number of hydrogen-bond donors (Lipinski definition) is 2. The first kappa shape index (κ1) is 12.8. The van der Waals surface area contributed by atoms with Gasteiger partial charge in [-0.05, 0) is 24.3 Å². The monoisotopic (exact) mass is 308 g/mol. The number of aromatic amines is 1. The molecule has 0 aliphatic heterocycles. The Morgan fingerprint density at radius 3 is 2.56 bits per heavy atom. The summed E-state index contributed by atoms with van der Waals surface area (Å²) < 4.78 is 0.959. The van der Waals surface area contributed by atoms with Crippen molar-refractivity contribution in [2.75, 3.05) is 5.32 Å². The molecule has 0 bridgehead atoms. The molecule has 5 nitrogen and oxygen atoms in total. The van der Waals surface area contributed by atoms with Crippen molar-refractivity contribution in [2.24, 2.45) is 0 Å². The van der Waals surface area contributed by atoms with Gasteiger partial charge in [-0.2, -0.15) is 0 Å². The number of benzene rings is 1. The zero-order valence-corrected chi connectivity index (χ0v) is 11.7. The maximum atomic E-state index is 11.9. The van der Waals surface area contributed by atoms with Gasteiger partial charge in [0.15, 0.2) is 0 Å². The molecule has 18 heavy (non-hydrogen) atoms. The second-order valence-electron chi connectivity index (χ2n) is 4.16. The Morgan fingerprint density at radius 1 is 1.33 bits per heavy atom. The minimum Gasteiger partial charge on any atom is -0.319 e. The molecule has 0 saturated heterocycles. The highest BCUT2D eigenvalue weighted by Gasteiger charge is 2.13. The molecule has 0 radical (unpaired) electrons. The van der Waals surface area contributed by atoms with Crippen LogP contribution in [0, 0.1) is 0 Å². The highest BCUT2D eigenvalue weighted by atomic mass is 79.9. The number of carbonyl (C=O) groups excluding carboxylic acids is 1. The smallest absolute Gasteiger partial charge is 0.295 e. The summed E-state index contributed by atoms with van der Waals surface area (Å²) in [5.41, 5.74) is 0.707. The van der Waals surface area contributed by atoms with Crippen LogP contribution in [0.25, 0.3) is 0 Å². The van der Waals surface area contributed by atoms with E-state index in [9.17, 15) is 4.79 Å². The number of carbonyl (C=O) groups is 1. The molecule has 0 atom stereocenters. The van der Waals surface area contributed by atoms with Crippen LogP contribution in [0.5, 0.6) is 0 Å². The topological polar surface area (TPSA) is 70.7 Å². The lowest BCUT2D eigenvalue weighted by Gasteiger charge is -2.02. The number of halogens is 1. The summed E-state index contributed by atoms with van der Waals surface area (Å²) in [4.78, 5) is 16.0. The van der Waals surface area contributed by atoms with Crippen molar-refractivity contribution in [2.45, 2.75) is 19.8 Å². The van der Waals surface area contributed by atoms with Gasteiger partial charge in [0.25, 0.3) is 5.91 Å². The summed E-state index contributed by atoms with van der Waals surface area (Å²) in [5, 5.41) is 9.38. The van der Waals surface area contributed by atoms with Gasteiger partial charge in [0.1, 0.15) is 5.82 Å². The molecule has 2 aromatic rings. The van der Waals surface area contributed by atoms with E-state index in [1.165, 1.54) is 0 Å². The molecule has 94 valence electrons. The predicted octanol–water partition coefficient (Wildman–Crippen LogP) is 2.94. The fourth-order valence-electron chi connectivity index (χ4n) is 1.35. The molecule has 6 heteroatoms. The van der Waals surface area contributed by atoms with Crippen LogP contribution in [0.15, 0.2) is 28.7 Å². The molecule has 1 amide bonds. The average Bonchev–Trinajstić information content (AvgIpc) is 2.81. The molecule has 0 spiro atoms. The third-order valence-corrected chi connectivity index (χ3v) is 2.88. The van der Waals surface area contributed by atoms with Gasteiger partial charge < -0.3 is 5.32 Å². The number of hydrogen-bond acceptors (Lipinski definition) is 3. The highest BCUT2D eigenvalue weighted by Crippen LogP contribution is 2.15. The third-order valence-electron chi connectivity index (χ3n) is 2.35. The second-order valence-corrected chi connectivity index (χ2v) is 5.08. The van der Waals surface area contributed by atoms with Gasteiger partial charge in [0.2, 0.25) is 5.82 Å². The molecule has 2 rings (SSSR count). The fraction of sp³-hybridized carbons (Fsp3) is 0.250. The Kier molecular flexibility index (Phi) is 3.76. The molecule has 0 fully saturated rings. The predicted molar refractivity (Wildman–Crippen MR) is 72.6 cm³/mol. The van der Waals surface area contributed by atoms with Crippen LogP contribution in [0.3, 0.4) is 0 Å². The van der Waals surface area contributed by atoms with Gasteiger partial charge >= 0.3 is 0 Å². The van der Waals surface area contributed by atoms with Crippen LogP contribution in [0.4, 0.5) is 5.69 Å². The Bertz CT molecular complexity index is 547. The van der Waals surface area contributed by atoms with Crippen molar-refractivity contribution in [1.82, 2.24) is 15.2 Å². The van der Waals surface area contributed by atoms with Crippen LogP contribution < -0.4 is 5.32 Å². The largest absolute Gasteiger partial charge is 0.319 e. The van der Waals surface area contributed by atoms with Crippen molar-refractivity contribution < 1.29 is 4.79 Å². The van der Waals surface area contributed by atoms with Crippen molar-refractivity contribution in [3.63, 3.8) is 0 Å². The van der Waals surface area contributed by atoms with Gasteiger partial charge in [-0.3, -0.25) is 9.89 Å². The standard InChI is InChI=1S/C12H13BrN4O/c1-7(2)10-15-11(17-16-10)12(18)14-9-5-3-8(13)4-6-9/h3-7H,1-2H3,(H,14,18)(H,15,16,17). The first-order valence-corrected chi connectivity index (χ1v) is 6.35. The summed E-state index contributed by atoms with van der Waals surface area (Å²) in [6, 6.07) is 7.32. The van der Waals surface area contributed by atoms with Crippen LogP contribution in [-0.2, 0) is 0 Å². The minimum atomic E-state index is -0.319. The van der Waals surface area contributed by atoms with E-state index in [0.29, 0.717) is 11.5 Å². The lowest BCUT2D eigenvalue weighted by atomic mass is 10.2. The van der Waals surface area contributed by atoms with Crippen LogP contribution >= 0.6 is 15.9 Å². The molecule has 0 unspecified atom stereocenters. The summed E-state index contributed by atoms with van der Waals surface area (Å²) in [6.45, 7) is 3.97. The highest BCUT2D eigenvalue weighted by molar-refractivity contribution is 9.10. The molecule has 1 aromatic carbocycles. The first-order chi connectivity index (χ1) is 8.56. The number of anilines is 1. The van der Waals surface area contributed by atoms with E-state index < -0.39 is 0 Å². The summed E-state index contributed by atoms with van der Waals surface area (Å²) >= 11 is 3.33. The van der Waals surface area contributed by atoms with Crippen molar-refractivity contribution in [3.05, 3.63) is 40.4 Å². The first-order valence-electron chi connectivity index (χ1n) is 5.55. The summed E-state index contributed by atoms with van der Waals surface area (Å²) in [7, 11) is 0. The van der Waals surface area contributed by atoms with E-state index in [4.69, 9.17) is 0 Å². The van der Waals surface area contributed by atoms with Crippen molar-refractivity contribution in [1.29, 1.82) is 0 Å². The number of H-pyrrole nitrogens is 1. The zero-order chi connectivity index (χ0) is 13.1. The van der Waals surface area contributed by atoms with Gasteiger partial charge in [0, 0.05) is 16.1 Å². The van der Waals surface area contributed by atoms with Crippen LogP contribution in [0.2, 0.25) is 0 Å². The Hall–Kier alpha value is -1.69. The third kappa shape index (κ3) is 2.95. The van der Waals surface area contributed by atoms with Gasteiger partial charge in [0.05, 0.1) is 0 Å². The summed E-state index contributed by atoms with van der Waals surface area (Å²) in [6.07, 6.45) is 0. The molecule has 0 aliphatic carbocycles. The Labute approximate surface area is 113 Å². The van der Waals surface area contributed by atoms with E-state index in [2.05, 4.69) is 36.4 Å². The van der Waals surface area contributed by atoms with Gasteiger partial charge in [-0.1, -0.05) is 29.8 Å². The SMILES string of the molecule is CC(C)c1nc(C(=O)Nc2ccc(Br)cc2)n[nH]1.